The quantitative estimate of drug-likeness (QED) is 0.479. The average Bonchev–Trinajstić information content (AvgIpc) is 1.85. The summed E-state index contributed by atoms with van der Waals surface area (Å²) < 4.78 is 4.92. The Labute approximate surface area is 73.1 Å². The lowest BCUT2D eigenvalue weighted by atomic mass is 9.89. The molecule has 3 heteroatoms. The van der Waals surface area contributed by atoms with E-state index in [1.54, 1.807) is 27.7 Å². The van der Waals surface area contributed by atoms with Crippen molar-refractivity contribution in [2.75, 3.05) is 0 Å². The summed E-state index contributed by atoms with van der Waals surface area (Å²) in [5.74, 6) is -0.627. The van der Waals surface area contributed by atoms with Crippen molar-refractivity contribution in [1.82, 2.24) is 0 Å². The normalized spacial score (nSPS) is 11.5. The highest BCUT2D eigenvalue weighted by Gasteiger charge is 2.34. The lowest BCUT2D eigenvalue weighted by Gasteiger charge is -2.20. The van der Waals surface area contributed by atoms with Crippen LogP contribution < -0.4 is 0 Å². The molecule has 0 atom stereocenters. The second-order valence-electron chi connectivity index (χ2n) is 3.64. The van der Waals surface area contributed by atoms with E-state index in [-0.39, 0.29) is 11.9 Å². The minimum absolute atomic E-state index is 0.170. The third-order valence-electron chi connectivity index (χ3n) is 1.73. The molecule has 0 bridgehead atoms. The number of Topliss-reactive ketones (excluding diaryl/α,β-unsaturated/α-hetero) is 1. The van der Waals surface area contributed by atoms with Gasteiger partial charge in [-0.05, 0) is 34.6 Å². The fourth-order valence-corrected chi connectivity index (χ4v) is 0.505. The number of rotatable bonds is 3. The van der Waals surface area contributed by atoms with Gasteiger partial charge in [-0.3, -0.25) is 9.59 Å². The second-order valence-corrected chi connectivity index (χ2v) is 3.64. The van der Waals surface area contributed by atoms with Crippen LogP contribution >= 0.6 is 0 Å². The first-order valence-corrected chi connectivity index (χ1v) is 4.00. The molecule has 0 spiro atoms. The van der Waals surface area contributed by atoms with E-state index in [4.69, 9.17) is 4.74 Å². The van der Waals surface area contributed by atoms with Gasteiger partial charge in [0.05, 0.1) is 6.10 Å². The van der Waals surface area contributed by atoms with Crippen LogP contribution in [0.3, 0.4) is 0 Å². The Balaban J connectivity index is 4.36. The number of carbonyl (C=O) groups excluding carboxylic acids is 2. The van der Waals surface area contributed by atoms with E-state index in [1.807, 2.05) is 0 Å². The van der Waals surface area contributed by atoms with Crippen molar-refractivity contribution in [2.45, 2.75) is 40.7 Å². The molecule has 0 aromatic carbocycles. The van der Waals surface area contributed by atoms with E-state index >= 15 is 0 Å². The number of carbonyl (C=O) groups is 2. The molecule has 0 saturated heterocycles. The van der Waals surface area contributed by atoms with Gasteiger partial charge in [0.25, 0.3) is 0 Å². The predicted molar refractivity (Wildman–Crippen MR) is 45.7 cm³/mol. The van der Waals surface area contributed by atoms with Gasteiger partial charge in [0.2, 0.25) is 0 Å². The third-order valence-corrected chi connectivity index (χ3v) is 1.73. The molecule has 0 aliphatic rings. The van der Waals surface area contributed by atoms with Crippen molar-refractivity contribution in [3.8, 4) is 0 Å². The Kier molecular flexibility index (Phi) is 3.43. The van der Waals surface area contributed by atoms with Crippen molar-refractivity contribution in [3.63, 3.8) is 0 Å². The van der Waals surface area contributed by atoms with E-state index in [2.05, 4.69) is 0 Å². The predicted octanol–water partition coefficient (Wildman–Crippen LogP) is 1.55. The van der Waals surface area contributed by atoms with Gasteiger partial charge in [0.1, 0.15) is 11.2 Å². The maximum absolute atomic E-state index is 11.3. The van der Waals surface area contributed by atoms with E-state index in [0.29, 0.717) is 0 Å². The van der Waals surface area contributed by atoms with Crippen LogP contribution in [0.5, 0.6) is 0 Å². The zero-order valence-electron chi connectivity index (χ0n) is 8.30. The molecule has 0 N–H and O–H groups in total. The van der Waals surface area contributed by atoms with Gasteiger partial charge in [-0.1, -0.05) is 0 Å². The molecule has 0 heterocycles. The van der Waals surface area contributed by atoms with Crippen LogP contribution in [0.15, 0.2) is 0 Å². The fourth-order valence-electron chi connectivity index (χ4n) is 0.505. The smallest absolute Gasteiger partial charge is 0.319 e. The monoisotopic (exact) mass is 172 g/mol. The molecule has 3 nitrogen and oxygen atoms in total. The first kappa shape index (κ1) is 11.1. The summed E-state index contributed by atoms with van der Waals surface area (Å²) in [4.78, 5) is 22.3. The van der Waals surface area contributed by atoms with Gasteiger partial charge < -0.3 is 4.74 Å². The van der Waals surface area contributed by atoms with Crippen LogP contribution in [0.1, 0.15) is 34.6 Å². The van der Waals surface area contributed by atoms with Crippen molar-refractivity contribution in [2.24, 2.45) is 5.41 Å². The molecule has 0 radical (unpaired) electrons. The summed E-state index contributed by atoms with van der Waals surface area (Å²) in [6.07, 6.45) is -0.170. The Morgan fingerprint density at radius 1 is 1.25 bits per heavy atom. The molecule has 0 fully saturated rings. The summed E-state index contributed by atoms with van der Waals surface area (Å²) in [5.41, 5.74) is -1.01. The summed E-state index contributed by atoms with van der Waals surface area (Å²) in [7, 11) is 0. The minimum atomic E-state index is -1.01. The van der Waals surface area contributed by atoms with Crippen LogP contribution in [0.4, 0.5) is 0 Å². The third kappa shape index (κ3) is 2.64. The van der Waals surface area contributed by atoms with Gasteiger partial charge in [0.15, 0.2) is 0 Å². The zero-order chi connectivity index (χ0) is 9.94. The molecular weight excluding hydrogens is 156 g/mol. The number of ketones is 1. The summed E-state index contributed by atoms with van der Waals surface area (Å²) in [5, 5.41) is 0. The highest BCUT2D eigenvalue weighted by atomic mass is 16.5. The molecule has 0 aromatic heterocycles. The SMILES string of the molecule is CC(=O)C(C)(C)C(=O)OC(C)C. The van der Waals surface area contributed by atoms with E-state index in [9.17, 15) is 9.59 Å². The lowest BCUT2D eigenvalue weighted by Crippen LogP contribution is -2.34. The van der Waals surface area contributed by atoms with E-state index < -0.39 is 11.4 Å². The van der Waals surface area contributed by atoms with Crippen LogP contribution in [0.25, 0.3) is 0 Å². The lowest BCUT2D eigenvalue weighted by molar-refractivity contribution is -0.161. The second kappa shape index (κ2) is 3.70. The number of ether oxygens (including phenoxy) is 1. The van der Waals surface area contributed by atoms with E-state index in [0.717, 1.165) is 0 Å². The Bertz CT molecular complexity index is 192. The molecule has 0 saturated carbocycles. The highest BCUT2D eigenvalue weighted by molar-refractivity contribution is 6.01. The highest BCUT2D eigenvalue weighted by Crippen LogP contribution is 2.19. The Morgan fingerprint density at radius 3 is 1.92 bits per heavy atom. The maximum atomic E-state index is 11.3. The average molecular weight is 172 g/mol. The number of hydrogen-bond acceptors (Lipinski definition) is 3. The Hall–Kier alpha value is -0.860. The van der Waals surface area contributed by atoms with Crippen molar-refractivity contribution < 1.29 is 14.3 Å². The van der Waals surface area contributed by atoms with Crippen molar-refractivity contribution in [1.29, 1.82) is 0 Å². The van der Waals surface area contributed by atoms with Crippen LogP contribution in [0, 0.1) is 5.41 Å². The van der Waals surface area contributed by atoms with E-state index in [1.165, 1.54) is 6.92 Å². The first-order chi connectivity index (χ1) is 5.28. The summed E-state index contributed by atoms with van der Waals surface area (Å²) in [6.45, 7) is 8.05. The summed E-state index contributed by atoms with van der Waals surface area (Å²) in [6, 6.07) is 0. The number of hydrogen-bond donors (Lipinski definition) is 0. The van der Waals surface area contributed by atoms with Gasteiger partial charge in [-0.2, -0.15) is 0 Å². The molecule has 12 heavy (non-hydrogen) atoms. The van der Waals surface area contributed by atoms with Gasteiger partial charge in [0, 0.05) is 0 Å². The largest absolute Gasteiger partial charge is 0.462 e. The molecule has 0 aromatic rings. The molecule has 0 aliphatic carbocycles. The topological polar surface area (TPSA) is 43.4 Å². The van der Waals surface area contributed by atoms with Crippen molar-refractivity contribution in [3.05, 3.63) is 0 Å². The van der Waals surface area contributed by atoms with Gasteiger partial charge >= 0.3 is 5.97 Å². The van der Waals surface area contributed by atoms with Gasteiger partial charge in [-0.15, -0.1) is 0 Å². The molecular formula is C9H16O3. The Morgan fingerprint density at radius 2 is 1.67 bits per heavy atom. The van der Waals surface area contributed by atoms with Gasteiger partial charge in [-0.25, -0.2) is 0 Å². The van der Waals surface area contributed by atoms with Crippen LogP contribution in [-0.2, 0) is 14.3 Å². The maximum Gasteiger partial charge on any atom is 0.319 e. The standard InChI is InChI=1S/C9H16O3/c1-6(2)12-8(11)9(4,5)7(3)10/h6H,1-5H3. The molecule has 0 aliphatic heterocycles. The number of esters is 1. The minimum Gasteiger partial charge on any atom is -0.462 e. The molecule has 70 valence electrons. The molecule has 0 unspecified atom stereocenters. The molecule has 0 amide bonds. The van der Waals surface area contributed by atoms with Crippen LogP contribution in [-0.4, -0.2) is 17.9 Å². The fraction of sp³-hybridized carbons (Fsp3) is 0.778. The molecule has 0 rings (SSSR count). The van der Waals surface area contributed by atoms with Crippen molar-refractivity contribution >= 4 is 11.8 Å². The summed E-state index contributed by atoms with van der Waals surface area (Å²) >= 11 is 0. The van der Waals surface area contributed by atoms with Crippen LogP contribution in [0.2, 0.25) is 0 Å². The zero-order valence-corrected chi connectivity index (χ0v) is 8.30. The first-order valence-electron chi connectivity index (χ1n) is 4.00.